The molecule has 2 rings (SSSR count). The Morgan fingerprint density at radius 3 is 2.43 bits per heavy atom. The van der Waals surface area contributed by atoms with E-state index >= 15 is 0 Å². The molecular formula is C38H56N2O6. The normalized spacial score (nSPS) is 31.1. The lowest BCUT2D eigenvalue weighted by atomic mass is 9.96. The Morgan fingerprint density at radius 1 is 1.04 bits per heavy atom. The minimum atomic E-state index is -1.44. The summed E-state index contributed by atoms with van der Waals surface area (Å²) in [6.07, 6.45) is 24.6. The van der Waals surface area contributed by atoms with Gasteiger partial charge in [-0.3, -0.25) is 4.79 Å². The molecule has 2 heterocycles. The fourth-order valence-corrected chi connectivity index (χ4v) is 4.96. The molecule has 1 saturated heterocycles. The van der Waals surface area contributed by atoms with Crippen LogP contribution in [-0.2, 0) is 19.0 Å². The zero-order valence-corrected chi connectivity index (χ0v) is 28.9. The molecule has 0 saturated carbocycles. The third-order valence-electron chi connectivity index (χ3n) is 7.61. The van der Waals surface area contributed by atoms with Crippen molar-refractivity contribution in [1.29, 1.82) is 0 Å². The second kappa shape index (κ2) is 19.5. The zero-order chi connectivity index (χ0) is 34.3. The molecule has 0 aromatic rings. The summed E-state index contributed by atoms with van der Waals surface area (Å²) in [4.78, 5) is 13.2. The van der Waals surface area contributed by atoms with Gasteiger partial charge in [0.25, 0.3) is 0 Å². The standard InChI is InChI=1S/C38H56N2O6/c1-26(2)23-31-24-29(5)16-10-9-13-22-38(7,43)33(46-37-34(39)35(44-8)32(41)25-45-37)19-12-11-15-27(3)17-14-18-28(4)20-21-30(6)40-36(31)42/h9-20,22,24,26,30,32-35,37,41,43H,21,23,25,39H2,1-8H3,(H,40,42). The minimum Gasteiger partial charge on any atom is -0.388 e. The van der Waals surface area contributed by atoms with Gasteiger partial charge in [0.05, 0.1) is 12.6 Å². The van der Waals surface area contributed by atoms with E-state index < -0.39 is 36.2 Å². The highest BCUT2D eigenvalue weighted by atomic mass is 16.7. The summed E-state index contributed by atoms with van der Waals surface area (Å²) in [6.45, 7) is 13.9. The summed E-state index contributed by atoms with van der Waals surface area (Å²) in [5, 5.41) is 24.9. The molecule has 0 aromatic carbocycles. The van der Waals surface area contributed by atoms with E-state index in [0.29, 0.717) is 12.3 Å². The van der Waals surface area contributed by atoms with Crippen LogP contribution in [0.2, 0.25) is 0 Å². The van der Waals surface area contributed by atoms with Crippen molar-refractivity contribution >= 4 is 5.91 Å². The van der Waals surface area contributed by atoms with E-state index in [1.165, 1.54) is 7.11 Å². The molecule has 2 aliphatic rings. The number of aliphatic hydroxyl groups is 2. The predicted molar refractivity (Wildman–Crippen MR) is 187 cm³/mol. The lowest BCUT2D eigenvalue weighted by Gasteiger charge is -2.40. The maximum atomic E-state index is 13.2. The number of ether oxygens (including phenoxy) is 3. The first-order valence-electron chi connectivity index (χ1n) is 16.1. The summed E-state index contributed by atoms with van der Waals surface area (Å²) in [7, 11) is 1.48. The average Bonchev–Trinajstić information content (AvgIpc) is 2.97. The molecule has 7 unspecified atom stereocenters. The SMILES string of the molecule is COC1C(O)COC(OC2C=CC=CC(C)=CC=CC(C)=CCC(C)NC(=O)C(CC(C)C)=CC(C)=CC=CC=CC2(C)O)C1N. The maximum absolute atomic E-state index is 13.2. The molecule has 8 heteroatoms. The number of rotatable bonds is 5. The Morgan fingerprint density at radius 2 is 1.74 bits per heavy atom. The summed E-state index contributed by atoms with van der Waals surface area (Å²) in [5.74, 6) is 0.275. The molecule has 8 nitrogen and oxygen atoms in total. The van der Waals surface area contributed by atoms with E-state index in [2.05, 4.69) is 25.2 Å². The van der Waals surface area contributed by atoms with E-state index in [-0.39, 0.29) is 18.6 Å². The maximum Gasteiger partial charge on any atom is 0.247 e. The van der Waals surface area contributed by atoms with Crippen LogP contribution in [0.25, 0.3) is 0 Å². The highest BCUT2D eigenvalue weighted by molar-refractivity contribution is 5.94. The monoisotopic (exact) mass is 636 g/mol. The molecule has 1 fully saturated rings. The zero-order valence-electron chi connectivity index (χ0n) is 28.9. The van der Waals surface area contributed by atoms with Crippen LogP contribution in [0.15, 0.2) is 107 Å². The molecule has 2 aliphatic heterocycles. The molecule has 0 spiro atoms. The van der Waals surface area contributed by atoms with Crippen LogP contribution < -0.4 is 11.1 Å². The molecule has 1 amide bonds. The van der Waals surface area contributed by atoms with Crippen LogP contribution in [0.1, 0.15) is 61.3 Å². The fraction of sp³-hybridized carbons (Fsp3) is 0.500. The van der Waals surface area contributed by atoms with Crippen molar-refractivity contribution < 1.29 is 29.2 Å². The van der Waals surface area contributed by atoms with E-state index in [9.17, 15) is 15.0 Å². The second-order valence-corrected chi connectivity index (χ2v) is 12.8. The first-order chi connectivity index (χ1) is 21.7. The van der Waals surface area contributed by atoms with Gasteiger partial charge in [0, 0.05) is 18.7 Å². The number of allylic oxidation sites excluding steroid dienone is 14. The Labute approximate surface area is 276 Å². The highest BCUT2D eigenvalue weighted by Gasteiger charge is 2.41. The number of hydrogen-bond acceptors (Lipinski definition) is 7. The van der Waals surface area contributed by atoms with Gasteiger partial charge >= 0.3 is 0 Å². The van der Waals surface area contributed by atoms with Crippen molar-refractivity contribution in [3.8, 4) is 0 Å². The highest BCUT2D eigenvalue weighted by Crippen LogP contribution is 2.25. The first-order valence-corrected chi connectivity index (χ1v) is 16.1. The number of amides is 1. The number of hydrogen-bond donors (Lipinski definition) is 4. The number of carbonyl (C=O) groups is 1. The molecule has 0 aliphatic carbocycles. The van der Waals surface area contributed by atoms with Gasteiger partial charge in [-0.25, -0.2) is 0 Å². The number of nitrogens with one attached hydrogen (secondary N) is 1. The third kappa shape index (κ3) is 13.7. The molecule has 5 N–H and O–H groups in total. The smallest absolute Gasteiger partial charge is 0.247 e. The van der Waals surface area contributed by atoms with Crippen LogP contribution in [-0.4, -0.2) is 72.1 Å². The Kier molecular flexibility index (Phi) is 16.6. The quantitative estimate of drug-likeness (QED) is 0.306. The predicted octanol–water partition coefficient (Wildman–Crippen LogP) is 5.68. The van der Waals surface area contributed by atoms with Crippen molar-refractivity contribution in [2.24, 2.45) is 11.7 Å². The molecular weight excluding hydrogens is 580 g/mol. The average molecular weight is 637 g/mol. The third-order valence-corrected chi connectivity index (χ3v) is 7.61. The number of methoxy groups -OCH3 is 1. The fourth-order valence-electron chi connectivity index (χ4n) is 4.96. The van der Waals surface area contributed by atoms with Crippen molar-refractivity contribution in [3.63, 3.8) is 0 Å². The summed E-state index contributed by atoms with van der Waals surface area (Å²) in [5.41, 5.74) is 8.68. The van der Waals surface area contributed by atoms with Gasteiger partial charge in [-0.15, -0.1) is 0 Å². The molecule has 7 atom stereocenters. The van der Waals surface area contributed by atoms with Crippen molar-refractivity contribution in [2.75, 3.05) is 13.7 Å². The lowest BCUT2D eigenvalue weighted by molar-refractivity contribution is -0.254. The summed E-state index contributed by atoms with van der Waals surface area (Å²) >= 11 is 0. The van der Waals surface area contributed by atoms with Crippen molar-refractivity contribution in [1.82, 2.24) is 5.32 Å². The Balaban J connectivity index is 2.45. The van der Waals surface area contributed by atoms with Gasteiger partial charge in [-0.2, -0.15) is 0 Å². The topological polar surface area (TPSA) is 123 Å². The number of nitrogens with two attached hydrogens (primary N) is 1. The van der Waals surface area contributed by atoms with Crippen LogP contribution >= 0.6 is 0 Å². The minimum absolute atomic E-state index is 0.000198. The molecule has 0 radical (unpaired) electrons. The van der Waals surface area contributed by atoms with Gasteiger partial charge in [0.2, 0.25) is 5.91 Å². The van der Waals surface area contributed by atoms with Crippen LogP contribution in [0.3, 0.4) is 0 Å². The van der Waals surface area contributed by atoms with Gasteiger partial charge in [0.1, 0.15) is 23.9 Å². The van der Waals surface area contributed by atoms with E-state index in [1.54, 1.807) is 25.2 Å². The molecule has 254 valence electrons. The Hall–Kier alpha value is -3.11. The lowest BCUT2D eigenvalue weighted by Crippen LogP contribution is -2.60. The Bertz CT molecular complexity index is 1260. The van der Waals surface area contributed by atoms with Crippen LogP contribution in [0.5, 0.6) is 0 Å². The summed E-state index contributed by atoms with van der Waals surface area (Å²) < 4.78 is 17.3. The van der Waals surface area contributed by atoms with E-state index in [1.807, 2.05) is 88.5 Å². The van der Waals surface area contributed by atoms with Crippen LogP contribution in [0.4, 0.5) is 0 Å². The summed E-state index contributed by atoms with van der Waals surface area (Å²) in [6, 6.07) is -0.769. The van der Waals surface area contributed by atoms with Gasteiger partial charge in [-0.1, -0.05) is 116 Å². The number of aliphatic hydroxyl groups excluding tert-OH is 1. The van der Waals surface area contributed by atoms with Gasteiger partial charge in [-0.05, 0) is 53.4 Å². The van der Waals surface area contributed by atoms with E-state index in [4.69, 9.17) is 19.9 Å². The van der Waals surface area contributed by atoms with Gasteiger partial charge in [0.15, 0.2) is 6.29 Å². The van der Waals surface area contributed by atoms with E-state index in [0.717, 1.165) is 28.7 Å². The second-order valence-electron chi connectivity index (χ2n) is 12.8. The van der Waals surface area contributed by atoms with Crippen LogP contribution in [0, 0.1) is 5.92 Å². The molecule has 0 bridgehead atoms. The van der Waals surface area contributed by atoms with Gasteiger partial charge < -0.3 is 35.5 Å². The van der Waals surface area contributed by atoms with Crippen molar-refractivity contribution in [3.05, 3.63) is 107 Å². The number of carbonyl (C=O) groups excluding carboxylic acids is 1. The molecule has 46 heavy (non-hydrogen) atoms. The first kappa shape index (κ1) is 39.1. The largest absolute Gasteiger partial charge is 0.388 e. The molecule has 0 aromatic heterocycles. The van der Waals surface area contributed by atoms with Crippen molar-refractivity contribution in [2.45, 2.75) is 104 Å².